The second kappa shape index (κ2) is 8.43. The molecule has 1 heterocycles. The molecule has 0 aromatic heterocycles. The molecule has 0 unspecified atom stereocenters. The third-order valence-electron chi connectivity index (χ3n) is 7.15. The van der Waals surface area contributed by atoms with Crippen LogP contribution < -0.4 is 7.16 Å². The molecule has 1 heteroatoms. The standard InChI is InChI=1S/C17H18.2C6H5.Sn/c1-2-3-14-17(15-10-6-4-7-11-15)16-12-8-5-9-13-16;2*1-2-4-6-5-3-1;/h4-13H,1-3,14H2;2*1-5H;. The van der Waals surface area contributed by atoms with E-state index in [9.17, 15) is 0 Å². The van der Waals surface area contributed by atoms with E-state index in [1.54, 1.807) is 7.16 Å². The van der Waals surface area contributed by atoms with Gasteiger partial charge < -0.3 is 0 Å². The molecule has 1 saturated heterocycles. The fourth-order valence-corrected chi connectivity index (χ4v) is 24.7. The van der Waals surface area contributed by atoms with Gasteiger partial charge in [-0.3, -0.25) is 0 Å². The Hall–Kier alpha value is -2.32. The first-order valence-corrected chi connectivity index (χ1v) is 17.4. The van der Waals surface area contributed by atoms with Gasteiger partial charge in [-0.15, -0.1) is 0 Å². The maximum atomic E-state index is 2.44. The Morgan fingerprint density at radius 2 is 0.867 bits per heavy atom. The molecule has 1 aliphatic heterocycles. The van der Waals surface area contributed by atoms with E-state index in [0.717, 1.165) is 0 Å². The summed E-state index contributed by atoms with van der Waals surface area (Å²) in [6, 6.07) is 46.0. The summed E-state index contributed by atoms with van der Waals surface area (Å²) in [7, 11) is 0. The zero-order chi connectivity index (χ0) is 20.3. The average molecular weight is 495 g/mol. The van der Waals surface area contributed by atoms with Gasteiger partial charge in [-0.05, 0) is 0 Å². The Kier molecular flexibility index (Phi) is 5.52. The van der Waals surface area contributed by atoms with E-state index in [1.165, 1.54) is 34.8 Å². The van der Waals surface area contributed by atoms with Crippen molar-refractivity contribution in [2.24, 2.45) is 0 Å². The third-order valence-corrected chi connectivity index (χ3v) is 24.3. The normalized spacial score (nSPS) is 17.3. The Bertz CT molecular complexity index is 902. The van der Waals surface area contributed by atoms with Gasteiger partial charge in [-0.1, -0.05) is 0 Å². The van der Waals surface area contributed by atoms with Crippen molar-refractivity contribution < 1.29 is 0 Å². The van der Waals surface area contributed by atoms with Crippen LogP contribution in [0, 0.1) is 0 Å². The molecule has 1 fully saturated rings. The van der Waals surface area contributed by atoms with Gasteiger partial charge in [0.05, 0.1) is 0 Å². The Labute approximate surface area is 184 Å². The molecule has 4 aromatic carbocycles. The van der Waals surface area contributed by atoms with E-state index >= 15 is 0 Å². The molecule has 0 aliphatic carbocycles. The average Bonchev–Trinajstić information content (AvgIpc) is 2.86. The van der Waals surface area contributed by atoms with E-state index in [0.29, 0.717) is 0 Å². The van der Waals surface area contributed by atoms with Crippen LogP contribution in [0.1, 0.15) is 30.4 Å². The first-order valence-electron chi connectivity index (χ1n) is 11.1. The van der Waals surface area contributed by atoms with E-state index in [1.807, 2.05) is 0 Å². The Balaban J connectivity index is 1.92. The summed E-state index contributed by atoms with van der Waals surface area (Å²) in [5.41, 5.74) is 3.03. The van der Waals surface area contributed by atoms with Crippen LogP contribution in [0.5, 0.6) is 0 Å². The van der Waals surface area contributed by atoms with Crippen molar-refractivity contribution in [3.05, 3.63) is 132 Å². The Morgan fingerprint density at radius 3 is 1.30 bits per heavy atom. The monoisotopic (exact) mass is 496 g/mol. The van der Waals surface area contributed by atoms with Crippen LogP contribution in [0.2, 0.25) is 4.44 Å². The molecule has 4 aromatic rings. The van der Waals surface area contributed by atoms with Crippen molar-refractivity contribution in [2.75, 3.05) is 0 Å². The van der Waals surface area contributed by atoms with Crippen LogP contribution in [0.4, 0.5) is 0 Å². The second-order valence-electron chi connectivity index (χ2n) is 8.48. The molecule has 1 aliphatic rings. The molecule has 0 nitrogen and oxygen atoms in total. The molecule has 30 heavy (non-hydrogen) atoms. The minimum atomic E-state index is -3.26. The van der Waals surface area contributed by atoms with Crippen molar-refractivity contribution in [2.45, 2.75) is 27.1 Å². The van der Waals surface area contributed by atoms with E-state index in [2.05, 4.69) is 121 Å². The first-order chi connectivity index (χ1) is 14.9. The molecule has 0 atom stereocenters. The van der Waals surface area contributed by atoms with Crippen molar-refractivity contribution in [1.82, 2.24) is 0 Å². The molecule has 0 radical (unpaired) electrons. The zero-order valence-corrected chi connectivity index (χ0v) is 20.2. The van der Waals surface area contributed by atoms with Crippen molar-refractivity contribution >= 4 is 25.5 Å². The van der Waals surface area contributed by atoms with Crippen molar-refractivity contribution in [1.29, 1.82) is 0 Å². The summed E-state index contributed by atoms with van der Waals surface area (Å²) in [5.74, 6) is 0. The van der Waals surface area contributed by atoms with Crippen LogP contribution >= 0.6 is 0 Å². The van der Waals surface area contributed by atoms with E-state index in [4.69, 9.17) is 0 Å². The number of hydrogen-bond acceptors (Lipinski definition) is 0. The van der Waals surface area contributed by atoms with Gasteiger partial charge in [0.15, 0.2) is 0 Å². The van der Waals surface area contributed by atoms with Crippen LogP contribution in [0.3, 0.4) is 0 Å². The van der Waals surface area contributed by atoms with Gasteiger partial charge in [0.25, 0.3) is 0 Å². The second-order valence-corrected chi connectivity index (χ2v) is 20.8. The molecule has 0 amide bonds. The fourth-order valence-electron chi connectivity index (χ4n) is 5.99. The zero-order valence-electron chi connectivity index (χ0n) is 17.4. The predicted octanol–water partition coefficient (Wildman–Crippen LogP) is 5.96. The maximum absolute atomic E-state index is 3.26. The molecule has 0 spiro atoms. The summed E-state index contributed by atoms with van der Waals surface area (Å²) in [4.78, 5) is 0. The number of benzene rings is 4. The molecular formula is C29H28Sn. The molecule has 0 saturated carbocycles. The fraction of sp³-hybridized carbons (Fsp3) is 0.172. The van der Waals surface area contributed by atoms with Crippen molar-refractivity contribution in [3.63, 3.8) is 0 Å². The predicted molar refractivity (Wildman–Crippen MR) is 130 cm³/mol. The van der Waals surface area contributed by atoms with E-state index in [-0.39, 0.29) is 3.43 Å². The van der Waals surface area contributed by atoms with Gasteiger partial charge >= 0.3 is 185 Å². The van der Waals surface area contributed by atoms with Crippen LogP contribution in [-0.2, 0) is 3.43 Å². The summed E-state index contributed by atoms with van der Waals surface area (Å²) in [6.45, 7) is 0. The third kappa shape index (κ3) is 3.04. The minimum absolute atomic E-state index is 0.0954. The van der Waals surface area contributed by atoms with Crippen LogP contribution in [0.25, 0.3) is 0 Å². The van der Waals surface area contributed by atoms with Gasteiger partial charge in [0.2, 0.25) is 0 Å². The SMILES string of the molecule is c1ccc([C]2(c3ccccc3)CCC[CH2][Sn]2([c]2ccccc2)[c]2ccccc2)cc1. The molecular weight excluding hydrogens is 467 g/mol. The van der Waals surface area contributed by atoms with E-state index < -0.39 is 18.4 Å². The van der Waals surface area contributed by atoms with Gasteiger partial charge in [0.1, 0.15) is 0 Å². The molecule has 0 bridgehead atoms. The number of rotatable bonds is 4. The summed E-state index contributed by atoms with van der Waals surface area (Å²) < 4.78 is 4.71. The first kappa shape index (κ1) is 19.6. The van der Waals surface area contributed by atoms with Crippen molar-refractivity contribution in [3.8, 4) is 0 Å². The summed E-state index contributed by atoms with van der Waals surface area (Å²) in [5, 5.41) is 0. The van der Waals surface area contributed by atoms with Crippen LogP contribution in [0.15, 0.2) is 121 Å². The molecule has 5 rings (SSSR count). The molecule has 148 valence electrons. The quantitative estimate of drug-likeness (QED) is 0.307. The van der Waals surface area contributed by atoms with Gasteiger partial charge in [-0.2, -0.15) is 0 Å². The van der Waals surface area contributed by atoms with Gasteiger partial charge in [-0.25, -0.2) is 0 Å². The summed E-state index contributed by atoms with van der Waals surface area (Å²) >= 11 is -3.26. The van der Waals surface area contributed by atoms with Crippen LogP contribution in [-0.4, -0.2) is 18.4 Å². The molecule has 0 N–H and O–H groups in total. The summed E-state index contributed by atoms with van der Waals surface area (Å²) in [6.07, 6.45) is 3.87. The number of hydrogen-bond donors (Lipinski definition) is 0. The topological polar surface area (TPSA) is 0 Å². The van der Waals surface area contributed by atoms with Gasteiger partial charge in [0, 0.05) is 0 Å². The Morgan fingerprint density at radius 1 is 0.467 bits per heavy atom.